The van der Waals surface area contributed by atoms with E-state index in [1.807, 2.05) is 0 Å². The van der Waals surface area contributed by atoms with Gasteiger partial charge in [0.05, 0.1) is 0 Å². The molecule has 0 spiro atoms. The summed E-state index contributed by atoms with van der Waals surface area (Å²) in [6, 6.07) is 3.33. The number of amides is 1. The van der Waals surface area contributed by atoms with Crippen LogP contribution in [-0.4, -0.2) is 17.3 Å². The normalized spacial score (nSPS) is 12.5. The molecular weight excluding hydrogens is 314 g/mol. The van der Waals surface area contributed by atoms with Gasteiger partial charge in [-0.3, -0.25) is 4.79 Å². The average Bonchev–Trinajstić information content (AvgIpc) is 2.60. The summed E-state index contributed by atoms with van der Waals surface area (Å²) in [6.07, 6.45) is 0.974. The van der Waals surface area contributed by atoms with Crippen molar-refractivity contribution in [3.63, 3.8) is 0 Å². The van der Waals surface area contributed by atoms with Crippen LogP contribution >= 0.6 is 31.9 Å². The molecule has 3 nitrogen and oxygen atoms in total. The first kappa shape index (κ1) is 11.8. The highest BCUT2D eigenvalue weighted by Gasteiger charge is 2.10. The lowest BCUT2D eigenvalue weighted by Crippen LogP contribution is -2.28. The van der Waals surface area contributed by atoms with Gasteiger partial charge in [-0.05, 0) is 34.5 Å². The van der Waals surface area contributed by atoms with Crippen molar-refractivity contribution in [2.75, 3.05) is 6.54 Å². The largest absolute Gasteiger partial charge is 0.444 e. The van der Waals surface area contributed by atoms with Crippen LogP contribution in [0.15, 0.2) is 21.2 Å². The number of hydrogen-bond donors (Lipinski definition) is 1. The topological polar surface area (TPSA) is 42.2 Å². The Balaban J connectivity index is 2.43. The van der Waals surface area contributed by atoms with Crippen LogP contribution in [0.2, 0.25) is 0 Å². The van der Waals surface area contributed by atoms with Gasteiger partial charge in [-0.2, -0.15) is 0 Å². The predicted molar refractivity (Wildman–Crippen MR) is 61.7 cm³/mol. The maximum Gasteiger partial charge on any atom is 0.287 e. The van der Waals surface area contributed by atoms with Gasteiger partial charge in [0.2, 0.25) is 0 Å². The summed E-state index contributed by atoms with van der Waals surface area (Å²) in [5, 5.41) is 2.76. The zero-order chi connectivity index (χ0) is 10.6. The molecule has 0 radical (unpaired) electrons. The maximum atomic E-state index is 11.4. The first-order valence-corrected chi connectivity index (χ1v) is 6.02. The Kier molecular flexibility index (Phi) is 4.68. The van der Waals surface area contributed by atoms with Crippen molar-refractivity contribution in [3.8, 4) is 0 Å². The minimum Gasteiger partial charge on any atom is -0.444 e. The van der Waals surface area contributed by atoms with E-state index in [1.165, 1.54) is 0 Å². The Morgan fingerprint density at radius 1 is 1.64 bits per heavy atom. The Hall–Kier alpha value is -0.290. The Morgan fingerprint density at radius 2 is 2.36 bits per heavy atom. The highest BCUT2D eigenvalue weighted by atomic mass is 79.9. The number of halogens is 2. The number of carbonyl (C=O) groups excluding carboxylic acids is 1. The molecular formula is C9H11Br2NO2. The average molecular weight is 325 g/mol. The van der Waals surface area contributed by atoms with Crippen LogP contribution in [0.25, 0.3) is 0 Å². The van der Waals surface area contributed by atoms with E-state index >= 15 is 0 Å². The fraction of sp³-hybridized carbons (Fsp3) is 0.444. The predicted octanol–water partition coefficient (Wildman–Crippen LogP) is 2.95. The van der Waals surface area contributed by atoms with Gasteiger partial charge in [0.15, 0.2) is 10.4 Å². The van der Waals surface area contributed by atoms with E-state index in [0.717, 1.165) is 6.42 Å². The summed E-state index contributed by atoms with van der Waals surface area (Å²) in [5.41, 5.74) is 0. The van der Waals surface area contributed by atoms with Gasteiger partial charge in [-0.1, -0.05) is 22.9 Å². The third kappa shape index (κ3) is 3.46. The Morgan fingerprint density at radius 3 is 2.86 bits per heavy atom. The molecule has 1 heterocycles. The lowest BCUT2D eigenvalue weighted by molar-refractivity contribution is 0.0925. The van der Waals surface area contributed by atoms with Crippen LogP contribution in [0.4, 0.5) is 0 Å². The van der Waals surface area contributed by atoms with Crippen molar-refractivity contribution in [2.45, 2.75) is 18.2 Å². The number of furan rings is 1. The molecule has 0 saturated carbocycles. The summed E-state index contributed by atoms with van der Waals surface area (Å²) in [4.78, 5) is 11.7. The standard InChI is InChI=1S/C9H11Br2NO2/c1-2-6(10)5-12-9(13)7-3-4-8(11)14-7/h3-4,6H,2,5H2,1H3,(H,12,13). The van der Waals surface area contributed by atoms with Crippen LogP contribution in [0, 0.1) is 0 Å². The van der Waals surface area contributed by atoms with Gasteiger partial charge in [-0.25, -0.2) is 0 Å². The lowest BCUT2D eigenvalue weighted by Gasteiger charge is -2.06. The third-order valence-electron chi connectivity index (χ3n) is 1.72. The minimum atomic E-state index is -0.186. The zero-order valence-corrected chi connectivity index (χ0v) is 10.9. The van der Waals surface area contributed by atoms with E-state index in [2.05, 4.69) is 44.1 Å². The molecule has 14 heavy (non-hydrogen) atoms. The molecule has 0 saturated heterocycles. The summed E-state index contributed by atoms with van der Waals surface area (Å²) in [5.74, 6) is 0.140. The number of alkyl halides is 1. The number of carbonyl (C=O) groups is 1. The molecule has 0 aromatic carbocycles. The maximum absolute atomic E-state index is 11.4. The van der Waals surface area contributed by atoms with Crippen molar-refractivity contribution in [3.05, 3.63) is 22.6 Å². The SMILES string of the molecule is CCC(Br)CNC(=O)c1ccc(Br)o1. The summed E-state index contributed by atoms with van der Waals surface area (Å²) in [7, 11) is 0. The highest BCUT2D eigenvalue weighted by Crippen LogP contribution is 2.13. The van der Waals surface area contributed by atoms with Gasteiger partial charge >= 0.3 is 0 Å². The first-order valence-electron chi connectivity index (χ1n) is 4.31. The molecule has 0 fully saturated rings. The summed E-state index contributed by atoms with van der Waals surface area (Å²) in [6.45, 7) is 2.66. The van der Waals surface area contributed by atoms with Gasteiger partial charge in [0.1, 0.15) is 0 Å². The van der Waals surface area contributed by atoms with Crippen molar-refractivity contribution in [1.82, 2.24) is 5.32 Å². The molecule has 1 aromatic heterocycles. The molecule has 0 aliphatic rings. The summed E-state index contributed by atoms with van der Waals surface area (Å²) >= 11 is 6.57. The van der Waals surface area contributed by atoms with Crippen LogP contribution in [-0.2, 0) is 0 Å². The second-order valence-corrected chi connectivity index (χ2v) is 4.90. The van der Waals surface area contributed by atoms with Crippen LogP contribution in [0.1, 0.15) is 23.9 Å². The van der Waals surface area contributed by atoms with Crippen LogP contribution < -0.4 is 5.32 Å². The van der Waals surface area contributed by atoms with E-state index in [4.69, 9.17) is 4.42 Å². The van der Waals surface area contributed by atoms with Crippen molar-refractivity contribution in [2.24, 2.45) is 0 Å². The van der Waals surface area contributed by atoms with E-state index in [0.29, 0.717) is 21.8 Å². The minimum absolute atomic E-state index is 0.186. The number of rotatable bonds is 4. The molecule has 1 aromatic rings. The fourth-order valence-corrected chi connectivity index (χ4v) is 1.34. The Labute approximate surface area is 99.5 Å². The first-order chi connectivity index (χ1) is 6.63. The lowest BCUT2D eigenvalue weighted by atomic mass is 10.3. The van der Waals surface area contributed by atoms with Crippen molar-refractivity contribution < 1.29 is 9.21 Å². The van der Waals surface area contributed by atoms with E-state index in [-0.39, 0.29) is 5.91 Å². The molecule has 0 aliphatic heterocycles. The fourth-order valence-electron chi connectivity index (χ4n) is 0.871. The molecule has 0 bridgehead atoms. The van der Waals surface area contributed by atoms with Gasteiger partial charge in [-0.15, -0.1) is 0 Å². The molecule has 1 unspecified atom stereocenters. The highest BCUT2D eigenvalue weighted by molar-refractivity contribution is 9.10. The van der Waals surface area contributed by atoms with Crippen molar-refractivity contribution >= 4 is 37.8 Å². The molecule has 1 amide bonds. The van der Waals surface area contributed by atoms with E-state index < -0.39 is 0 Å². The smallest absolute Gasteiger partial charge is 0.287 e. The van der Waals surface area contributed by atoms with Gasteiger partial charge in [0, 0.05) is 11.4 Å². The quantitative estimate of drug-likeness (QED) is 0.865. The molecule has 1 N–H and O–H groups in total. The molecule has 0 aliphatic carbocycles. The van der Waals surface area contributed by atoms with E-state index in [1.54, 1.807) is 12.1 Å². The second kappa shape index (κ2) is 5.56. The monoisotopic (exact) mass is 323 g/mol. The molecule has 5 heteroatoms. The van der Waals surface area contributed by atoms with Crippen molar-refractivity contribution in [1.29, 1.82) is 0 Å². The zero-order valence-electron chi connectivity index (χ0n) is 7.72. The molecule has 1 rings (SSSR count). The molecule has 1 atom stereocenters. The van der Waals surface area contributed by atoms with Gasteiger partial charge in [0.25, 0.3) is 5.91 Å². The van der Waals surface area contributed by atoms with Crippen LogP contribution in [0.5, 0.6) is 0 Å². The van der Waals surface area contributed by atoms with Gasteiger partial charge < -0.3 is 9.73 Å². The summed E-state index contributed by atoms with van der Waals surface area (Å²) < 4.78 is 5.66. The number of nitrogens with one attached hydrogen (secondary N) is 1. The molecule has 78 valence electrons. The van der Waals surface area contributed by atoms with Crippen LogP contribution in [0.3, 0.4) is 0 Å². The number of hydrogen-bond acceptors (Lipinski definition) is 2. The Bertz CT molecular complexity index is 312. The van der Waals surface area contributed by atoms with E-state index in [9.17, 15) is 4.79 Å². The third-order valence-corrected chi connectivity index (χ3v) is 3.12. The second-order valence-electron chi connectivity index (χ2n) is 2.82.